The Bertz CT molecular complexity index is 1440. The number of aromatic nitrogens is 1. The zero-order valence-electron chi connectivity index (χ0n) is 21.9. The Balaban J connectivity index is 2.02. The molecule has 2 N–H and O–H groups in total. The van der Waals surface area contributed by atoms with Crippen LogP contribution in [0.25, 0.3) is 11.1 Å². The number of carbonyl (C=O) groups is 2. The van der Waals surface area contributed by atoms with Gasteiger partial charge in [0, 0.05) is 30.4 Å². The summed E-state index contributed by atoms with van der Waals surface area (Å²) in [5.74, 6) is -1.61. The maximum Gasteiger partial charge on any atom is 0.322 e. The number of amides is 1. The Labute approximate surface area is 228 Å². The molecule has 38 heavy (non-hydrogen) atoms. The Morgan fingerprint density at radius 2 is 1.82 bits per heavy atom. The van der Waals surface area contributed by atoms with Crippen molar-refractivity contribution in [3.05, 3.63) is 82.6 Å². The quantitative estimate of drug-likeness (QED) is 0.345. The van der Waals surface area contributed by atoms with Crippen molar-refractivity contribution in [1.82, 2.24) is 14.6 Å². The van der Waals surface area contributed by atoms with Crippen molar-refractivity contribution < 1.29 is 23.1 Å². The van der Waals surface area contributed by atoms with Crippen molar-refractivity contribution >= 4 is 33.5 Å². The molecule has 10 heteroatoms. The third kappa shape index (κ3) is 6.59. The van der Waals surface area contributed by atoms with E-state index in [9.17, 15) is 18.0 Å². The number of halogens is 1. The molecule has 3 aromatic rings. The smallest absolute Gasteiger partial charge is 0.322 e. The number of benzene rings is 2. The lowest BCUT2D eigenvalue weighted by Crippen LogP contribution is -2.46. The van der Waals surface area contributed by atoms with E-state index in [0.717, 1.165) is 22.3 Å². The van der Waals surface area contributed by atoms with Gasteiger partial charge >= 0.3 is 5.97 Å². The molecule has 1 heterocycles. The van der Waals surface area contributed by atoms with E-state index in [0.29, 0.717) is 10.6 Å². The monoisotopic (exact) mass is 557 g/mol. The molecule has 0 radical (unpaired) electrons. The van der Waals surface area contributed by atoms with Crippen molar-refractivity contribution in [2.24, 2.45) is 0 Å². The third-order valence-corrected chi connectivity index (χ3v) is 9.14. The number of carboxylic acids is 1. The lowest BCUT2D eigenvalue weighted by Gasteiger charge is -2.38. The van der Waals surface area contributed by atoms with E-state index in [1.807, 2.05) is 51.1 Å². The van der Waals surface area contributed by atoms with E-state index in [2.05, 4.69) is 10.3 Å². The van der Waals surface area contributed by atoms with Gasteiger partial charge in [0.2, 0.25) is 15.9 Å². The number of sulfonamides is 1. The molecule has 1 aromatic heterocycles. The summed E-state index contributed by atoms with van der Waals surface area (Å²) in [4.78, 5) is 27.1. The first kappa shape index (κ1) is 29.3. The van der Waals surface area contributed by atoms with E-state index < -0.39 is 34.0 Å². The molecule has 2 aromatic carbocycles. The first-order valence-corrected chi connectivity index (χ1v) is 14.0. The van der Waals surface area contributed by atoms with Gasteiger partial charge in [-0.25, -0.2) is 8.42 Å². The van der Waals surface area contributed by atoms with Crippen LogP contribution in [0.4, 0.5) is 0 Å². The fraction of sp³-hybridized carbons (Fsp3) is 0.321. The first-order chi connectivity index (χ1) is 17.9. The van der Waals surface area contributed by atoms with Crippen molar-refractivity contribution in [2.75, 3.05) is 13.1 Å². The normalized spacial score (nSPS) is 11.9. The van der Waals surface area contributed by atoms with Crippen LogP contribution < -0.4 is 5.32 Å². The third-order valence-electron chi connectivity index (χ3n) is 6.51. The van der Waals surface area contributed by atoms with E-state index in [1.165, 1.54) is 10.4 Å². The molecule has 0 bridgehead atoms. The molecule has 0 saturated heterocycles. The molecule has 0 atom stereocenters. The van der Waals surface area contributed by atoms with Gasteiger partial charge in [-0.15, -0.1) is 0 Å². The van der Waals surface area contributed by atoms with Gasteiger partial charge in [0.25, 0.3) is 0 Å². The number of aryl methyl sites for hydroxylation is 1. The van der Waals surface area contributed by atoms with E-state index in [-0.39, 0.29) is 24.3 Å². The molecule has 0 aliphatic heterocycles. The Hall–Kier alpha value is -3.27. The highest BCUT2D eigenvalue weighted by Gasteiger charge is 2.39. The minimum Gasteiger partial charge on any atom is -0.480 e. The zero-order valence-corrected chi connectivity index (χ0v) is 23.4. The highest BCUT2D eigenvalue weighted by atomic mass is 35.5. The molecular weight excluding hydrogens is 526 g/mol. The van der Waals surface area contributed by atoms with Crippen molar-refractivity contribution in [1.29, 1.82) is 0 Å². The van der Waals surface area contributed by atoms with Crippen LogP contribution >= 0.6 is 11.6 Å². The molecule has 8 nitrogen and oxygen atoms in total. The summed E-state index contributed by atoms with van der Waals surface area (Å²) in [5, 5.41) is 11.5. The Morgan fingerprint density at radius 1 is 1.11 bits per heavy atom. The fourth-order valence-electron chi connectivity index (χ4n) is 4.34. The first-order valence-electron chi connectivity index (χ1n) is 12.1. The second kappa shape index (κ2) is 12.1. The molecule has 0 unspecified atom stereocenters. The highest BCUT2D eigenvalue weighted by Crippen LogP contribution is 2.37. The van der Waals surface area contributed by atoms with Crippen LogP contribution in [0.15, 0.2) is 65.8 Å². The van der Waals surface area contributed by atoms with E-state index in [4.69, 9.17) is 16.7 Å². The number of nitrogens with zero attached hydrogens (tertiary/aromatic N) is 2. The van der Waals surface area contributed by atoms with Crippen LogP contribution in [0.3, 0.4) is 0 Å². The molecule has 1 amide bonds. The molecule has 0 saturated carbocycles. The molecule has 0 aliphatic rings. The van der Waals surface area contributed by atoms with Crippen molar-refractivity contribution in [3.63, 3.8) is 0 Å². The topological polar surface area (TPSA) is 117 Å². The summed E-state index contributed by atoms with van der Waals surface area (Å²) in [6.45, 7) is 6.82. The number of carbonyl (C=O) groups excluding carboxylic acids is 1. The summed E-state index contributed by atoms with van der Waals surface area (Å²) in [6, 6.07) is 14.4. The average Bonchev–Trinajstić information content (AvgIpc) is 2.87. The highest BCUT2D eigenvalue weighted by molar-refractivity contribution is 7.89. The predicted octanol–water partition coefficient (Wildman–Crippen LogP) is 4.93. The van der Waals surface area contributed by atoms with E-state index in [1.54, 1.807) is 31.5 Å². The summed E-state index contributed by atoms with van der Waals surface area (Å²) in [5.41, 5.74) is 3.11. The van der Waals surface area contributed by atoms with Gasteiger partial charge in [-0.2, -0.15) is 4.31 Å². The van der Waals surface area contributed by atoms with Gasteiger partial charge in [0.1, 0.15) is 6.54 Å². The second-order valence-electron chi connectivity index (χ2n) is 9.54. The number of pyridine rings is 1. The minimum atomic E-state index is -4.06. The summed E-state index contributed by atoms with van der Waals surface area (Å²) < 4.78 is 29.6. The lowest BCUT2D eigenvalue weighted by molar-refractivity contribution is -0.137. The van der Waals surface area contributed by atoms with Gasteiger partial charge in [0.15, 0.2) is 0 Å². The van der Waals surface area contributed by atoms with Crippen LogP contribution in [0.2, 0.25) is 5.02 Å². The zero-order chi connectivity index (χ0) is 28.1. The van der Waals surface area contributed by atoms with Gasteiger partial charge in [0.05, 0.1) is 10.4 Å². The van der Waals surface area contributed by atoms with Crippen LogP contribution in [0.1, 0.15) is 43.4 Å². The number of nitrogens with one attached hydrogen (secondary N) is 1. The minimum absolute atomic E-state index is 0.0276. The standard InChI is InChI=1S/C28H32ClN3O5S/c1-19-17-30-14-13-23(19)21-8-5-9-22(16-21)28(3,4)32(15-7-12-26(33)31-18-27(34)35)38(36,37)25-11-6-10-24(29)20(25)2/h5-6,8-11,13-14,16-17H,7,12,15,18H2,1-4H3,(H,31,33)(H,34,35). The van der Waals surface area contributed by atoms with Gasteiger partial charge in [-0.1, -0.05) is 35.9 Å². The number of hydrogen-bond acceptors (Lipinski definition) is 5. The number of hydrogen-bond donors (Lipinski definition) is 2. The molecule has 0 spiro atoms. The van der Waals surface area contributed by atoms with Crippen LogP contribution in [0.5, 0.6) is 0 Å². The van der Waals surface area contributed by atoms with Gasteiger partial charge in [-0.05, 0) is 86.2 Å². The van der Waals surface area contributed by atoms with Gasteiger partial charge in [-0.3, -0.25) is 14.6 Å². The SMILES string of the molecule is Cc1cnccc1-c1cccc(C(C)(C)N(CCCC(=O)NCC(=O)O)S(=O)(=O)c2cccc(Cl)c2C)c1. The molecule has 3 rings (SSSR count). The maximum atomic E-state index is 14.1. The summed E-state index contributed by atoms with van der Waals surface area (Å²) in [7, 11) is -4.06. The molecule has 0 aliphatic carbocycles. The van der Waals surface area contributed by atoms with Crippen LogP contribution in [0, 0.1) is 13.8 Å². The number of rotatable bonds is 11. The molecule has 202 valence electrons. The lowest BCUT2D eigenvalue weighted by atomic mass is 9.90. The largest absolute Gasteiger partial charge is 0.480 e. The van der Waals surface area contributed by atoms with Gasteiger partial charge < -0.3 is 10.4 Å². The van der Waals surface area contributed by atoms with Crippen molar-refractivity contribution in [3.8, 4) is 11.1 Å². The van der Waals surface area contributed by atoms with Crippen molar-refractivity contribution in [2.45, 2.75) is 51.0 Å². The maximum absolute atomic E-state index is 14.1. The average molecular weight is 558 g/mol. The van der Waals surface area contributed by atoms with E-state index >= 15 is 0 Å². The second-order valence-corrected chi connectivity index (χ2v) is 11.8. The van der Waals surface area contributed by atoms with Crippen LogP contribution in [-0.4, -0.2) is 47.8 Å². The molecule has 0 fully saturated rings. The Kier molecular flexibility index (Phi) is 9.30. The number of carboxylic acid groups (broad SMARTS) is 1. The van der Waals surface area contributed by atoms with Crippen LogP contribution in [-0.2, 0) is 25.2 Å². The fourth-order valence-corrected chi connectivity index (χ4v) is 6.63. The summed E-state index contributed by atoms with van der Waals surface area (Å²) >= 11 is 6.28. The number of aliphatic carboxylic acids is 1. The Morgan fingerprint density at radius 3 is 2.50 bits per heavy atom. The summed E-state index contributed by atoms with van der Waals surface area (Å²) in [6.07, 6.45) is 3.66. The predicted molar refractivity (Wildman–Crippen MR) is 147 cm³/mol. The molecular formula is C28H32ClN3O5S.